The molecule has 2 heterocycles. The second-order valence-corrected chi connectivity index (χ2v) is 3.43. The first-order valence-electron chi connectivity index (χ1n) is 4.13. The van der Waals surface area contributed by atoms with E-state index in [1.54, 1.807) is 0 Å². The lowest BCUT2D eigenvalue weighted by atomic mass is 10.3. The maximum atomic E-state index is 12.4. The van der Waals surface area contributed by atoms with Crippen molar-refractivity contribution in [2.24, 2.45) is 4.99 Å². The third-order valence-electron chi connectivity index (χ3n) is 1.94. The van der Waals surface area contributed by atoms with Crippen molar-refractivity contribution in [2.75, 3.05) is 0 Å². The summed E-state index contributed by atoms with van der Waals surface area (Å²) in [6.45, 7) is 0. The summed E-state index contributed by atoms with van der Waals surface area (Å²) >= 11 is 4.74. The molecule has 0 aromatic heterocycles. The average Bonchev–Trinajstić information content (AvgIpc) is 2.61. The summed E-state index contributed by atoms with van der Waals surface area (Å²) in [5.74, 6) is -1.48. The van der Waals surface area contributed by atoms with E-state index in [9.17, 15) is 18.0 Å². The maximum absolute atomic E-state index is 12.4. The fourth-order valence-electron chi connectivity index (χ4n) is 1.18. The van der Waals surface area contributed by atoms with Crippen molar-refractivity contribution in [3.63, 3.8) is 0 Å². The molecule has 0 aliphatic carbocycles. The molecule has 10 heteroatoms. The van der Waals surface area contributed by atoms with E-state index in [1.165, 1.54) is 0 Å². The number of aliphatic imine (C=N–C) groups is 1. The number of fused-ring (bicyclic) bond motifs is 1. The second-order valence-electron chi connectivity index (χ2n) is 3.04. The molecule has 2 rings (SSSR count). The van der Waals surface area contributed by atoms with Crippen LogP contribution >= 0.6 is 12.6 Å². The van der Waals surface area contributed by atoms with E-state index < -0.39 is 12.3 Å². The molecule has 0 aromatic rings. The number of hydrogen-bond acceptors (Lipinski definition) is 5. The van der Waals surface area contributed by atoms with E-state index in [0.29, 0.717) is 6.20 Å². The van der Waals surface area contributed by atoms with Crippen LogP contribution in [0.25, 0.3) is 0 Å². The van der Waals surface area contributed by atoms with E-state index >= 15 is 0 Å². The van der Waals surface area contributed by atoms with Crippen LogP contribution in [0.15, 0.2) is 27.6 Å². The Kier molecular flexibility index (Phi) is 2.47. The molecular weight excluding hydrogens is 261 g/mol. The highest BCUT2D eigenvalue weighted by Gasteiger charge is 2.42. The molecule has 6 nitrogen and oxygen atoms in total. The fraction of sp³-hybridized carbons (Fsp3) is 0.143. The number of alkyl halides is 3. The van der Waals surface area contributed by atoms with E-state index in [0.717, 1.165) is 11.2 Å². The van der Waals surface area contributed by atoms with Crippen LogP contribution in [-0.2, 0) is 4.79 Å². The Morgan fingerprint density at radius 1 is 1.53 bits per heavy atom. The number of hydrazine groups is 2. The van der Waals surface area contributed by atoms with E-state index in [4.69, 9.17) is 17.7 Å². The number of carbonyl (C=O) groups is 1. The van der Waals surface area contributed by atoms with Gasteiger partial charge in [-0.05, 0) is 0 Å². The molecule has 0 atom stereocenters. The first-order valence-corrected chi connectivity index (χ1v) is 4.54. The number of carboxylic acid groups (broad SMARTS) is 1. The number of hydrogen-bond donors (Lipinski definition) is 2. The molecule has 1 radical (unpaired) electrons. The Balaban J connectivity index is 2.32. The second kappa shape index (κ2) is 3.60. The van der Waals surface area contributed by atoms with Gasteiger partial charge in [-0.2, -0.15) is 0 Å². The SMILES string of the molecule is O=C(O)C1=C([S])N2NN(C(F)(F)F)C=C2N=C1. The lowest BCUT2D eigenvalue weighted by molar-refractivity contribution is -0.250. The van der Waals surface area contributed by atoms with E-state index in [1.807, 2.05) is 5.53 Å². The minimum Gasteiger partial charge on any atom is -0.478 e. The van der Waals surface area contributed by atoms with Gasteiger partial charge >= 0.3 is 12.3 Å². The Labute approximate surface area is 98.1 Å². The first kappa shape index (κ1) is 11.7. The topological polar surface area (TPSA) is 68.2 Å². The van der Waals surface area contributed by atoms with Gasteiger partial charge in [-0.1, -0.05) is 12.6 Å². The Hall–Kier alpha value is -1.81. The van der Waals surface area contributed by atoms with Crippen molar-refractivity contribution in [3.05, 3.63) is 22.6 Å². The third-order valence-corrected chi connectivity index (χ3v) is 2.35. The van der Waals surface area contributed by atoms with Gasteiger partial charge in [0.15, 0.2) is 5.82 Å². The van der Waals surface area contributed by atoms with Crippen LogP contribution in [0.4, 0.5) is 13.2 Å². The van der Waals surface area contributed by atoms with Crippen LogP contribution in [0, 0.1) is 0 Å². The zero-order chi connectivity index (χ0) is 12.8. The number of nitrogens with one attached hydrogen (secondary N) is 1. The first-order chi connectivity index (χ1) is 7.80. The minimum absolute atomic E-state index is 0.127. The normalized spacial score (nSPS) is 19.6. The molecule has 0 aromatic carbocycles. The lowest BCUT2D eigenvalue weighted by Crippen LogP contribution is -2.47. The lowest BCUT2D eigenvalue weighted by Gasteiger charge is -2.25. The van der Waals surface area contributed by atoms with Gasteiger partial charge < -0.3 is 5.11 Å². The van der Waals surface area contributed by atoms with Crippen molar-refractivity contribution < 1.29 is 23.1 Å². The Morgan fingerprint density at radius 2 is 2.18 bits per heavy atom. The van der Waals surface area contributed by atoms with Gasteiger partial charge in [0.2, 0.25) is 0 Å². The Morgan fingerprint density at radius 3 is 2.71 bits per heavy atom. The molecule has 0 unspecified atom stereocenters. The van der Waals surface area contributed by atoms with Crippen LogP contribution in [0.1, 0.15) is 0 Å². The molecule has 0 saturated carbocycles. The summed E-state index contributed by atoms with van der Waals surface area (Å²) in [6.07, 6.45) is -3.07. The van der Waals surface area contributed by atoms with Crippen molar-refractivity contribution in [2.45, 2.75) is 6.30 Å². The molecule has 2 aliphatic rings. The molecule has 0 amide bonds. The predicted molar refractivity (Wildman–Crippen MR) is 51.7 cm³/mol. The molecule has 0 saturated heterocycles. The van der Waals surface area contributed by atoms with E-state index in [-0.39, 0.29) is 21.4 Å². The summed E-state index contributed by atoms with van der Waals surface area (Å²) in [5, 5.41) is 9.04. The van der Waals surface area contributed by atoms with E-state index in [2.05, 4.69) is 4.99 Å². The van der Waals surface area contributed by atoms with Crippen LogP contribution < -0.4 is 5.53 Å². The smallest absolute Gasteiger partial charge is 0.478 e. The highest BCUT2D eigenvalue weighted by molar-refractivity contribution is 7.84. The molecular formula is C7H4F3N4O2S. The Bertz CT molecular complexity index is 470. The predicted octanol–water partition coefficient (Wildman–Crippen LogP) is 0.920. The van der Waals surface area contributed by atoms with Gasteiger partial charge in [0.1, 0.15) is 10.6 Å². The molecule has 17 heavy (non-hydrogen) atoms. The molecule has 0 spiro atoms. The zero-order valence-electron chi connectivity index (χ0n) is 7.89. The number of halogens is 3. The van der Waals surface area contributed by atoms with Gasteiger partial charge in [-0.3, -0.25) is 0 Å². The number of carboxylic acids is 1. The fourth-order valence-corrected chi connectivity index (χ4v) is 1.46. The van der Waals surface area contributed by atoms with Crippen LogP contribution in [0.5, 0.6) is 0 Å². The highest BCUT2D eigenvalue weighted by atomic mass is 32.1. The maximum Gasteiger partial charge on any atom is 0.500 e. The van der Waals surface area contributed by atoms with Gasteiger partial charge in [-0.25, -0.2) is 19.8 Å². The summed E-state index contributed by atoms with van der Waals surface area (Å²) in [6, 6.07) is 0. The molecule has 0 fully saturated rings. The van der Waals surface area contributed by atoms with Gasteiger partial charge in [0, 0.05) is 6.21 Å². The highest BCUT2D eigenvalue weighted by Crippen LogP contribution is 2.31. The third kappa shape index (κ3) is 1.91. The standard InChI is InChI=1S/C7H4F3N4O2S/c8-7(9,10)13-2-4-11-1-3(6(15)16)5(17)14(4)12-13/h1-2,12H,(H,15,16). The largest absolute Gasteiger partial charge is 0.500 e. The van der Waals surface area contributed by atoms with Crippen molar-refractivity contribution in [3.8, 4) is 0 Å². The van der Waals surface area contributed by atoms with Crippen molar-refractivity contribution in [1.82, 2.24) is 15.6 Å². The van der Waals surface area contributed by atoms with Gasteiger partial charge in [-0.15, -0.1) is 18.7 Å². The minimum atomic E-state index is -4.65. The summed E-state index contributed by atoms with van der Waals surface area (Å²) in [5.41, 5.74) is 1.52. The van der Waals surface area contributed by atoms with Crippen molar-refractivity contribution in [1.29, 1.82) is 0 Å². The molecule has 2 aliphatic heterocycles. The number of aliphatic carboxylic acids is 1. The summed E-state index contributed by atoms with van der Waals surface area (Å²) in [4.78, 5) is 14.3. The van der Waals surface area contributed by atoms with Gasteiger partial charge in [0.25, 0.3) is 0 Å². The number of rotatable bonds is 1. The molecule has 2 N–H and O–H groups in total. The van der Waals surface area contributed by atoms with Crippen LogP contribution in [-0.4, -0.2) is 33.6 Å². The zero-order valence-corrected chi connectivity index (χ0v) is 8.71. The summed E-state index contributed by atoms with van der Waals surface area (Å²) < 4.78 is 37.1. The molecule has 0 bridgehead atoms. The summed E-state index contributed by atoms with van der Waals surface area (Å²) in [7, 11) is 0. The van der Waals surface area contributed by atoms with Crippen molar-refractivity contribution >= 4 is 24.8 Å². The average molecular weight is 265 g/mol. The van der Waals surface area contributed by atoms with Crippen LogP contribution in [0.2, 0.25) is 0 Å². The van der Waals surface area contributed by atoms with Crippen LogP contribution in [0.3, 0.4) is 0 Å². The molecule has 91 valence electrons. The number of nitrogens with zero attached hydrogens (tertiary/aromatic N) is 3. The van der Waals surface area contributed by atoms with Gasteiger partial charge in [0.05, 0.1) is 6.20 Å². The quantitative estimate of drug-likeness (QED) is 0.690. The monoisotopic (exact) mass is 265 g/mol.